The van der Waals surface area contributed by atoms with E-state index in [-0.39, 0.29) is 18.5 Å². The SMILES string of the molecule is Cc1ncc(CNC(=O)NCC(C)(O)C(C)C)s1. The summed E-state index contributed by atoms with van der Waals surface area (Å²) in [5.41, 5.74) is -0.890. The Morgan fingerprint density at radius 1 is 1.56 bits per heavy atom. The number of carbonyl (C=O) groups is 1. The van der Waals surface area contributed by atoms with Crippen LogP contribution in [0.1, 0.15) is 30.7 Å². The third-order valence-electron chi connectivity index (χ3n) is 2.94. The van der Waals surface area contributed by atoms with Crippen molar-refractivity contribution in [1.29, 1.82) is 0 Å². The Bertz CT molecular complexity index is 402. The Labute approximate surface area is 112 Å². The molecule has 1 rings (SSSR count). The van der Waals surface area contributed by atoms with Gasteiger partial charge in [-0.3, -0.25) is 0 Å². The van der Waals surface area contributed by atoms with E-state index in [1.165, 1.54) is 0 Å². The van der Waals surface area contributed by atoms with Gasteiger partial charge >= 0.3 is 6.03 Å². The Morgan fingerprint density at radius 3 is 2.72 bits per heavy atom. The first-order chi connectivity index (χ1) is 8.31. The molecule has 0 saturated carbocycles. The fraction of sp³-hybridized carbons (Fsp3) is 0.667. The second-order valence-electron chi connectivity index (χ2n) is 4.89. The molecule has 1 heterocycles. The van der Waals surface area contributed by atoms with Crippen LogP contribution in [-0.4, -0.2) is 28.3 Å². The van der Waals surface area contributed by atoms with E-state index in [2.05, 4.69) is 15.6 Å². The molecule has 0 aliphatic heterocycles. The van der Waals surface area contributed by atoms with Gasteiger partial charge in [0.25, 0.3) is 0 Å². The summed E-state index contributed by atoms with van der Waals surface area (Å²) in [4.78, 5) is 16.7. The topological polar surface area (TPSA) is 74.2 Å². The van der Waals surface area contributed by atoms with E-state index in [4.69, 9.17) is 0 Å². The van der Waals surface area contributed by atoms with E-state index in [0.29, 0.717) is 6.54 Å². The molecule has 102 valence electrons. The smallest absolute Gasteiger partial charge is 0.315 e. The average molecular weight is 271 g/mol. The minimum Gasteiger partial charge on any atom is -0.388 e. The summed E-state index contributed by atoms with van der Waals surface area (Å²) in [7, 11) is 0. The summed E-state index contributed by atoms with van der Waals surface area (Å²) in [5, 5.41) is 16.4. The number of aliphatic hydroxyl groups is 1. The summed E-state index contributed by atoms with van der Waals surface area (Å²) in [6, 6.07) is -0.276. The minimum absolute atomic E-state index is 0.0851. The van der Waals surface area contributed by atoms with Crippen LogP contribution in [0.15, 0.2) is 6.20 Å². The lowest BCUT2D eigenvalue weighted by Crippen LogP contribution is -2.47. The molecule has 0 bridgehead atoms. The van der Waals surface area contributed by atoms with E-state index < -0.39 is 5.60 Å². The van der Waals surface area contributed by atoms with Crippen LogP contribution < -0.4 is 10.6 Å². The monoisotopic (exact) mass is 271 g/mol. The number of nitrogens with zero attached hydrogens (tertiary/aromatic N) is 1. The fourth-order valence-electron chi connectivity index (χ4n) is 1.18. The zero-order valence-electron chi connectivity index (χ0n) is 11.3. The molecule has 0 aliphatic rings. The molecule has 0 fully saturated rings. The van der Waals surface area contributed by atoms with Gasteiger partial charge in [-0.2, -0.15) is 0 Å². The van der Waals surface area contributed by atoms with E-state index in [1.807, 2.05) is 20.8 Å². The molecule has 6 heteroatoms. The highest BCUT2D eigenvalue weighted by Gasteiger charge is 2.25. The van der Waals surface area contributed by atoms with Crippen molar-refractivity contribution in [2.75, 3.05) is 6.54 Å². The van der Waals surface area contributed by atoms with Crippen molar-refractivity contribution in [3.8, 4) is 0 Å². The molecule has 1 aromatic heterocycles. The zero-order chi connectivity index (χ0) is 13.8. The molecule has 0 radical (unpaired) electrons. The highest BCUT2D eigenvalue weighted by atomic mass is 32.1. The molecule has 0 aliphatic carbocycles. The summed E-state index contributed by atoms with van der Waals surface area (Å²) in [5.74, 6) is 0.0851. The molecule has 0 saturated heterocycles. The number of urea groups is 1. The fourth-order valence-corrected chi connectivity index (χ4v) is 1.91. The largest absolute Gasteiger partial charge is 0.388 e. The van der Waals surface area contributed by atoms with Crippen LogP contribution >= 0.6 is 11.3 Å². The molecule has 3 N–H and O–H groups in total. The van der Waals surface area contributed by atoms with Gasteiger partial charge in [-0.15, -0.1) is 11.3 Å². The lowest BCUT2D eigenvalue weighted by atomic mass is 9.93. The normalized spacial score (nSPS) is 14.3. The first-order valence-electron chi connectivity index (χ1n) is 5.96. The second-order valence-corrected chi connectivity index (χ2v) is 6.21. The summed E-state index contributed by atoms with van der Waals surface area (Å²) < 4.78 is 0. The Balaban J connectivity index is 2.30. The Hall–Kier alpha value is -1.14. The molecule has 18 heavy (non-hydrogen) atoms. The van der Waals surface area contributed by atoms with Gasteiger partial charge in [0.2, 0.25) is 0 Å². The van der Waals surface area contributed by atoms with E-state index >= 15 is 0 Å². The maximum atomic E-state index is 11.5. The minimum atomic E-state index is -0.890. The molecular weight excluding hydrogens is 250 g/mol. The first kappa shape index (κ1) is 14.9. The number of carbonyl (C=O) groups excluding carboxylic acids is 1. The van der Waals surface area contributed by atoms with Crippen molar-refractivity contribution in [2.24, 2.45) is 5.92 Å². The lowest BCUT2D eigenvalue weighted by Gasteiger charge is -2.27. The first-order valence-corrected chi connectivity index (χ1v) is 6.78. The van der Waals surface area contributed by atoms with Crippen molar-refractivity contribution in [1.82, 2.24) is 15.6 Å². The maximum absolute atomic E-state index is 11.5. The Morgan fingerprint density at radius 2 is 2.22 bits per heavy atom. The van der Waals surface area contributed by atoms with Crippen LogP contribution in [0, 0.1) is 12.8 Å². The van der Waals surface area contributed by atoms with E-state index in [0.717, 1.165) is 9.88 Å². The van der Waals surface area contributed by atoms with Crippen LogP contribution in [-0.2, 0) is 6.54 Å². The van der Waals surface area contributed by atoms with Gasteiger partial charge in [0, 0.05) is 17.6 Å². The molecule has 1 atom stereocenters. The molecule has 1 unspecified atom stereocenters. The van der Waals surface area contributed by atoms with Gasteiger partial charge in [-0.25, -0.2) is 9.78 Å². The summed E-state index contributed by atoms with van der Waals surface area (Å²) in [6.45, 7) is 8.16. The van der Waals surface area contributed by atoms with Crippen LogP contribution in [0.2, 0.25) is 0 Å². The predicted molar refractivity (Wildman–Crippen MR) is 72.6 cm³/mol. The quantitative estimate of drug-likeness (QED) is 0.762. The van der Waals surface area contributed by atoms with Crippen molar-refractivity contribution in [2.45, 2.75) is 39.8 Å². The predicted octanol–water partition coefficient (Wildman–Crippen LogP) is 1.66. The maximum Gasteiger partial charge on any atom is 0.315 e. The van der Waals surface area contributed by atoms with Gasteiger partial charge in [0.05, 0.1) is 17.2 Å². The number of hydrogen-bond donors (Lipinski definition) is 3. The van der Waals surface area contributed by atoms with Crippen LogP contribution in [0.25, 0.3) is 0 Å². The van der Waals surface area contributed by atoms with Gasteiger partial charge in [-0.05, 0) is 19.8 Å². The van der Waals surface area contributed by atoms with Gasteiger partial charge in [0.15, 0.2) is 0 Å². The number of rotatable bonds is 5. The lowest BCUT2D eigenvalue weighted by molar-refractivity contribution is 0.0166. The van der Waals surface area contributed by atoms with Crippen LogP contribution in [0.5, 0.6) is 0 Å². The molecule has 2 amide bonds. The van der Waals surface area contributed by atoms with Crippen molar-refractivity contribution < 1.29 is 9.90 Å². The van der Waals surface area contributed by atoms with E-state index in [1.54, 1.807) is 24.5 Å². The average Bonchev–Trinajstić information content (AvgIpc) is 2.69. The number of thiazole rings is 1. The molecule has 1 aromatic rings. The molecule has 5 nitrogen and oxygen atoms in total. The number of nitrogens with one attached hydrogen (secondary N) is 2. The molecular formula is C12H21N3O2S. The van der Waals surface area contributed by atoms with Gasteiger partial charge in [-0.1, -0.05) is 13.8 Å². The van der Waals surface area contributed by atoms with Crippen molar-refractivity contribution in [3.63, 3.8) is 0 Å². The number of hydrogen-bond acceptors (Lipinski definition) is 4. The number of amides is 2. The van der Waals surface area contributed by atoms with Crippen LogP contribution in [0.3, 0.4) is 0 Å². The standard InChI is InChI=1S/C12H21N3O2S/c1-8(2)12(4,17)7-15-11(16)14-6-10-5-13-9(3)18-10/h5,8,17H,6-7H2,1-4H3,(H2,14,15,16). The number of aryl methyl sites for hydroxylation is 1. The van der Waals surface area contributed by atoms with Crippen LogP contribution in [0.4, 0.5) is 4.79 Å². The highest BCUT2D eigenvalue weighted by molar-refractivity contribution is 7.11. The second kappa shape index (κ2) is 6.15. The summed E-state index contributed by atoms with van der Waals surface area (Å²) >= 11 is 1.56. The third-order valence-corrected chi connectivity index (χ3v) is 3.86. The Kier molecular flexibility index (Phi) is 5.10. The van der Waals surface area contributed by atoms with Gasteiger partial charge < -0.3 is 15.7 Å². The third kappa shape index (κ3) is 4.62. The van der Waals surface area contributed by atoms with Crippen molar-refractivity contribution >= 4 is 17.4 Å². The zero-order valence-corrected chi connectivity index (χ0v) is 12.1. The van der Waals surface area contributed by atoms with Gasteiger partial charge in [0.1, 0.15) is 0 Å². The molecule has 0 spiro atoms. The highest BCUT2D eigenvalue weighted by Crippen LogP contribution is 2.14. The van der Waals surface area contributed by atoms with E-state index in [9.17, 15) is 9.90 Å². The molecule has 0 aromatic carbocycles. The summed E-state index contributed by atoms with van der Waals surface area (Å²) in [6.07, 6.45) is 1.75. The van der Waals surface area contributed by atoms with Crippen molar-refractivity contribution in [3.05, 3.63) is 16.1 Å². The number of aromatic nitrogens is 1.